The summed E-state index contributed by atoms with van der Waals surface area (Å²) in [5.74, 6) is 0.483. The van der Waals surface area contributed by atoms with Crippen LogP contribution in [0, 0.1) is 0 Å². The second kappa shape index (κ2) is 6.73. The van der Waals surface area contributed by atoms with Crippen LogP contribution in [-0.2, 0) is 4.79 Å². The van der Waals surface area contributed by atoms with Gasteiger partial charge in [0.15, 0.2) is 17.6 Å². The molecule has 0 bridgehead atoms. The van der Waals surface area contributed by atoms with Crippen LogP contribution in [0.4, 0.5) is 0 Å². The molecule has 25 heavy (non-hydrogen) atoms. The van der Waals surface area contributed by atoms with Crippen LogP contribution in [0.3, 0.4) is 0 Å². The maximum atomic E-state index is 11.3. The lowest BCUT2D eigenvalue weighted by atomic mass is 9.97. The van der Waals surface area contributed by atoms with Crippen molar-refractivity contribution in [2.45, 2.75) is 13.0 Å². The van der Waals surface area contributed by atoms with E-state index in [9.17, 15) is 9.90 Å². The van der Waals surface area contributed by atoms with Crippen LogP contribution in [0.1, 0.15) is 6.92 Å². The molecule has 3 N–H and O–H groups in total. The number of hydrogen-bond acceptors (Lipinski definition) is 4. The first kappa shape index (κ1) is 16.6. The van der Waals surface area contributed by atoms with Gasteiger partial charge in [-0.05, 0) is 53.1 Å². The summed E-state index contributed by atoms with van der Waals surface area (Å²) >= 11 is 0. The van der Waals surface area contributed by atoms with E-state index in [1.165, 1.54) is 7.11 Å². The number of amides is 1. The highest BCUT2D eigenvalue weighted by atomic mass is 16.5. The molecule has 0 radical (unpaired) electrons. The molecule has 0 aliphatic heterocycles. The van der Waals surface area contributed by atoms with Crippen LogP contribution in [0.2, 0.25) is 0 Å². The summed E-state index contributed by atoms with van der Waals surface area (Å²) in [5, 5.41) is 11.8. The average Bonchev–Trinajstić information content (AvgIpc) is 2.61. The Balaban J connectivity index is 2.17. The van der Waals surface area contributed by atoms with Gasteiger partial charge in [0.2, 0.25) is 0 Å². The molecule has 0 heterocycles. The minimum atomic E-state index is -0.733. The van der Waals surface area contributed by atoms with Crippen molar-refractivity contribution in [3.63, 3.8) is 0 Å². The number of phenolic OH excluding ortho intramolecular Hbond substituents is 1. The molecular weight excluding hydrogens is 318 g/mol. The molecule has 0 fully saturated rings. The fraction of sp³-hybridized carbons (Fsp3) is 0.150. The first-order chi connectivity index (χ1) is 12.0. The smallest absolute Gasteiger partial charge is 0.258 e. The number of carbonyl (C=O) groups excluding carboxylic acids is 1. The Kier molecular flexibility index (Phi) is 4.48. The summed E-state index contributed by atoms with van der Waals surface area (Å²) in [5.41, 5.74) is 7.06. The third-order valence-corrected chi connectivity index (χ3v) is 4.04. The molecule has 1 atom stereocenters. The Morgan fingerprint density at radius 3 is 2.60 bits per heavy atom. The van der Waals surface area contributed by atoms with Crippen LogP contribution in [0.15, 0.2) is 54.6 Å². The van der Waals surface area contributed by atoms with Gasteiger partial charge in [-0.3, -0.25) is 4.79 Å². The first-order valence-corrected chi connectivity index (χ1v) is 7.85. The third-order valence-electron chi connectivity index (χ3n) is 4.04. The predicted octanol–water partition coefficient (Wildman–Crippen LogP) is 3.47. The van der Waals surface area contributed by atoms with Gasteiger partial charge in [-0.15, -0.1) is 0 Å². The number of fused-ring (bicyclic) bond motifs is 1. The molecule has 3 rings (SSSR count). The van der Waals surface area contributed by atoms with E-state index in [1.54, 1.807) is 25.1 Å². The van der Waals surface area contributed by atoms with Gasteiger partial charge < -0.3 is 20.3 Å². The molecular formula is C20H19NO4. The Morgan fingerprint density at radius 2 is 1.88 bits per heavy atom. The number of nitrogens with two attached hydrogens (primary N) is 1. The van der Waals surface area contributed by atoms with Gasteiger partial charge in [-0.1, -0.05) is 30.3 Å². The molecule has 0 saturated carbocycles. The molecule has 0 aliphatic rings. The van der Waals surface area contributed by atoms with Crippen LogP contribution in [0.25, 0.3) is 21.9 Å². The SMILES string of the molecule is COc1cc(-c2cc(OC(C)C(N)=O)cc3ccccc23)ccc1O. The van der Waals surface area contributed by atoms with Gasteiger partial charge in [0.25, 0.3) is 5.91 Å². The average molecular weight is 337 g/mol. The van der Waals surface area contributed by atoms with Crippen LogP contribution < -0.4 is 15.2 Å². The van der Waals surface area contributed by atoms with Crippen molar-refractivity contribution in [3.05, 3.63) is 54.6 Å². The molecule has 3 aromatic rings. The summed E-state index contributed by atoms with van der Waals surface area (Å²) in [6.45, 7) is 1.61. The Labute approximate surface area is 145 Å². The van der Waals surface area contributed by atoms with E-state index < -0.39 is 12.0 Å². The molecule has 3 aromatic carbocycles. The number of phenols is 1. The molecule has 1 unspecified atom stereocenters. The van der Waals surface area contributed by atoms with Crippen molar-refractivity contribution in [2.75, 3.05) is 7.11 Å². The fourth-order valence-electron chi connectivity index (χ4n) is 2.70. The minimum Gasteiger partial charge on any atom is -0.504 e. The molecule has 0 spiro atoms. The maximum Gasteiger partial charge on any atom is 0.258 e. The highest BCUT2D eigenvalue weighted by Crippen LogP contribution is 2.37. The number of aromatic hydroxyl groups is 1. The van der Waals surface area contributed by atoms with Crippen LogP contribution >= 0.6 is 0 Å². The van der Waals surface area contributed by atoms with Gasteiger partial charge in [-0.25, -0.2) is 0 Å². The van der Waals surface area contributed by atoms with Crippen molar-refractivity contribution < 1.29 is 19.4 Å². The summed E-state index contributed by atoms with van der Waals surface area (Å²) < 4.78 is 10.9. The maximum absolute atomic E-state index is 11.3. The lowest BCUT2D eigenvalue weighted by molar-refractivity contribution is -0.123. The summed E-state index contributed by atoms with van der Waals surface area (Å²) in [6.07, 6.45) is -0.733. The molecule has 0 saturated heterocycles. The number of ether oxygens (including phenoxy) is 2. The zero-order valence-electron chi connectivity index (χ0n) is 14.0. The topological polar surface area (TPSA) is 81.8 Å². The second-order valence-corrected chi connectivity index (χ2v) is 5.74. The Hall–Kier alpha value is -3.21. The van der Waals surface area contributed by atoms with Crippen LogP contribution in [-0.4, -0.2) is 24.2 Å². The largest absolute Gasteiger partial charge is 0.504 e. The number of benzene rings is 3. The van der Waals surface area contributed by atoms with E-state index in [2.05, 4.69) is 0 Å². The van der Waals surface area contributed by atoms with Gasteiger partial charge in [0.1, 0.15) is 5.75 Å². The lowest BCUT2D eigenvalue weighted by Gasteiger charge is -2.15. The lowest BCUT2D eigenvalue weighted by Crippen LogP contribution is -2.30. The molecule has 5 nitrogen and oxygen atoms in total. The Bertz CT molecular complexity index is 936. The van der Waals surface area contributed by atoms with E-state index in [-0.39, 0.29) is 5.75 Å². The quantitative estimate of drug-likeness (QED) is 0.747. The van der Waals surface area contributed by atoms with E-state index in [0.29, 0.717) is 11.5 Å². The number of rotatable bonds is 5. The van der Waals surface area contributed by atoms with Crippen molar-refractivity contribution >= 4 is 16.7 Å². The fourth-order valence-corrected chi connectivity index (χ4v) is 2.70. The third kappa shape index (κ3) is 3.35. The number of hydrogen-bond donors (Lipinski definition) is 2. The molecule has 0 aliphatic carbocycles. The number of methoxy groups -OCH3 is 1. The number of carbonyl (C=O) groups is 1. The van der Waals surface area contributed by atoms with E-state index in [4.69, 9.17) is 15.2 Å². The van der Waals surface area contributed by atoms with Crippen LogP contribution in [0.5, 0.6) is 17.2 Å². The van der Waals surface area contributed by atoms with Crippen molar-refractivity contribution in [1.29, 1.82) is 0 Å². The zero-order valence-corrected chi connectivity index (χ0v) is 14.0. The summed E-state index contributed by atoms with van der Waals surface area (Å²) in [4.78, 5) is 11.3. The van der Waals surface area contributed by atoms with E-state index in [0.717, 1.165) is 21.9 Å². The van der Waals surface area contributed by atoms with E-state index >= 15 is 0 Å². The zero-order chi connectivity index (χ0) is 18.0. The van der Waals surface area contributed by atoms with Crippen molar-refractivity contribution in [2.24, 2.45) is 5.73 Å². The van der Waals surface area contributed by atoms with Gasteiger partial charge in [0, 0.05) is 0 Å². The molecule has 128 valence electrons. The molecule has 1 amide bonds. The molecule has 5 heteroatoms. The van der Waals surface area contributed by atoms with Gasteiger partial charge in [0.05, 0.1) is 7.11 Å². The monoisotopic (exact) mass is 337 g/mol. The minimum absolute atomic E-state index is 0.0744. The van der Waals surface area contributed by atoms with Crippen molar-refractivity contribution in [1.82, 2.24) is 0 Å². The summed E-state index contributed by atoms with van der Waals surface area (Å²) in [6, 6.07) is 16.7. The van der Waals surface area contributed by atoms with Gasteiger partial charge in [-0.2, -0.15) is 0 Å². The van der Waals surface area contributed by atoms with Crippen molar-refractivity contribution in [3.8, 4) is 28.4 Å². The predicted molar refractivity (Wildman–Crippen MR) is 96.9 cm³/mol. The standard InChI is InChI=1S/C20H19NO4/c1-12(20(21)23)25-15-9-13-5-3-4-6-16(13)17(11-15)14-7-8-18(22)19(10-14)24-2/h3-12,22H,1-2H3,(H2,21,23). The van der Waals surface area contributed by atoms with E-state index in [1.807, 2.05) is 36.4 Å². The highest BCUT2D eigenvalue weighted by Gasteiger charge is 2.14. The Morgan fingerprint density at radius 1 is 1.12 bits per heavy atom. The normalized spacial score (nSPS) is 11.9. The second-order valence-electron chi connectivity index (χ2n) is 5.74. The highest BCUT2D eigenvalue weighted by molar-refractivity contribution is 5.98. The first-order valence-electron chi connectivity index (χ1n) is 7.85. The number of primary amides is 1. The van der Waals surface area contributed by atoms with Gasteiger partial charge >= 0.3 is 0 Å². The summed E-state index contributed by atoms with van der Waals surface area (Å²) in [7, 11) is 1.50. The molecule has 0 aromatic heterocycles.